The number of carboxylic acid groups (broad SMARTS) is 1. The van der Waals surface area contributed by atoms with Gasteiger partial charge < -0.3 is 10.4 Å². The molecule has 21 heavy (non-hydrogen) atoms. The van der Waals surface area contributed by atoms with Gasteiger partial charge in [0.1, 0.15) is 0 Å². The first-order chi connectivity index (χ1) is 9.73. The average molecular weight is 323 g/mol. The number of nitrogens with zero attached hydrogens (tertiary/aromatic N) is 2. The molecule has 118 valence electrons. The van der Waals surface area contributed by atoms with E-state index in [1.165, 1.54) is 0 Å². The Hall–Kier alpha value is -1.38. The minimum atomic E-state index is -4.58. The summed E-state index contributed by atoms with van der Waals surface area (Å²) in [5.74, 6) is -1.63. The number of aromatic nitrogens is 2. The monoisotopic (exact) mass is 323 g/mol. The fourth-order valence-electron chi connectivity index (χ4n) is 2.44. The highest BCUT2D eigenvalue weighted by Crippen LogP contribution is 2.39. The molecule has 2 N–H and O–H groups in total. The van der Waals surface area contributed by atoms with Gasteiger partial charge in [0.2, 0.25) is 11.0 Å². The normalized spacial score (nSPS) is 26.6. The van der Waals surface area contributed by atoms with Gasteiger partial charge in [0.15, 0.2) is 0 Å². The lowest BCUT2D eigenvalue weighted by Gasteiger charge is -2.35. The van der Waals surface area contributed by atoms with E-state index in [1.807, 2.05) is 0 Å². The number of anilines is 1. The third-order valence-electron chi connectivity index (χ3n) is 3.94. The second-order valence-corrected chi connectivity index (χ2v) is 6.29. The number of hydrogen-bond acceptors (Lipinski definition) is 5. The Morgan fingerprint density at radius 1 is 1.48 bits per heavy atom. The van der Waals surface area contributed by atoms with Gasteiger partial charge in [-0.2, -0.15) is 22.5 Å². The van der Waals surface area contributed by atoms with E-state index < -0.39 is 23.4 Å². The first-order valence-electron chi connectivity index (χ1n) is 6.61. The fourth-order valence-corrected chi connectivity index (χ4v) is 3.02. The van der Waals surface area contributed by atoms with Gasteiger partial charge in [-0.25, -0.2) is 0 Å². The van der Waals surface area contributed by atoms with Crippen LogP contribution in [0.1, 0.15) is 38.4 Å². The predicted octanol–water partition coefficient (Wildman–Crippen LogP) is 3.25. The Morgan fingerprint density at radius 3 is 2.57 bits per heavy atom. The fraction of sp³-hybridized carbons (Fsp3) is 0.750. The van der Waals surface area contributed by atoms with E-state index in [0.29, 0.717) is 30.3 Å². The molecule has 0 unspecified atom stereocenters. The van der Waals surface area contributed by atoms with E-state index >= 15 is 0 Å². The molecule has 2 rings (SSSR count). The van der Waals surface area contributed by atoms with Crippen molar-refractivity contribution in [3.63, 3.8) is 0 Å². The summed E-state index contributed by atoms with van der Waals surface area (Å²) in [6, 6.07) is 0. The zero-order chi connectivity index (χ0) is 15.7. The van der Waals surface area contributed by atoms with Crippen LogP contribution in [-0.2, 0) is 11.0 Å². The van der Waals surface area contributed by atoms with Crippen molar-refractivity contribution in [2.75, 3.05) is 11.9 Å². The Balaban J connectivity index is 2.03. The number of carbonyl (C=O) groups is 1. The summed E-state index contributed by atoms with van der Waals surface area (Å²) in [6.07, 6.45) is -1.94. The zero-order valence-corrected chi connectivity index (χ0v) is 12.2. The molecule has 0 aromatic carbocycles. The molecule has 0 aliphatic heterocycles. The molecule has 0 saturated heterocycles. The summed E-state index contributed by atoms with van der Waals surface area (Å²) in [5.41, 5.74) is -0.934. The number of aliphatic carboxylic acids is 1. The van der Waals surface area contributed by atoms with Gasteiger partial charge >= 0.3 is 12.1 Å². The van der Waals surface area contributed by atoms with Crippen molar-refractivity contribution >= 4 is 22.6 Å². The molecule has 5 nitrogen and oxygen atoms in total. The van der Waals surface area contributed by atoms with Crippen molar-refractivity contribution in [1.82, 2.24) is 9.36 Å². The predicted molar refractivity (Wildman–Crippen MR) is 71.1 cm³/mol. The molecule has 1 heterocycles. The molecule has 0 atom stereocenters. The van der Waals surface area contributed by atoms with Crippen LogP contribution < -0.4 is 5.32 Å². The van der Waals surface area contributed by atoms with Crippen LogP contribution in [0.4, 0.5) is 18.3 Å². The molecule has 0 radical (unpaired) electrons. The molecule has 0 bridgehead atoms. The molecular weight excluding hydrogens is 307 g/mol. The summed E-state index contributed by atoms with van der Waals surface area (Å²) < 4.78 is 40.4. The van der Waals surface area contributed by atoms with E-state index in [0.717, 1.165) is 12.8 Å². The minimum absolute atomic E-state index is 0.00146. The van der Waals surface area contributed by atoms with Gasteiger partial charge in [0.05, 0.1) is 5.41 Å². The van der Waals surface area contributed by atoms with Crippen LogP contribution in [0.2, 0.25) is 0 Å². The highest BCUT2D eigenvalue weighted by molar-refractivity contribution is 7.09. The van der Waals surface area contributed by atoms with Crippen molar-refractivity contribution in [2.24, 2.45) is 11.3 Å². The highest BCUT2D eigenvalue weighted by Gasteiger charge is 2.41. The molecule has 1 aliphatic rings. The van der Waals surface area contributed by atoms with Gasteiger partial charge in [-0.3, -0.25) is 4.79 Å². The first kappa shape index (κ1) is 16.0. The van der Waals surface area contributed by atoms with Crippen LogP contribution in [-0.4, -0.2) is 27.0 Å². The van der Waals surface area contributed by atoms with E-state index in [9.17, 15) is 23.1 Å². The number of alkyl halides is 3. The summed E-state index contributed by atoms with van der Waals surface area (Å²) in [7, 11) is 0. The van der Waals surface area contributed by atoms with Crippen LogP contribution >= 0.6 is 11.5 Å². The van der Waals surface area contributed by atoms with E-state index in [1.54, 1.807) is 0 Å². The van der Waals surface area contributed by atoms with Crippen molar-refractivity contribution in [3.05, 3.63) is 5.82 Å². The van der Waals surface area contributed by atoms with Gasteiger partial charge in [-0.15, -0.1) is 0 Å². The summed E-state index contributed by atoms with van der Waals surface area (Å²) in [6.45, 7) is 2.14. The molecule has 9 heteroatoms. The van der Waals surface area contributed by atoms with Crippen molar-refractivity contribution < 1.29 is 23.1 Å². The smallest absolute Gasteiger partial charge is 0.452 e. The molecule has 0 spiro atoms. The molecule has 1 aliphatic carbocycles. The van der Waals surface area contributed by atoms with Crippen molar-refractivity contribution in [2.45, 2.75) is 38.8 Å². The molecule has 1 saturated carbocycles. The minimum Gasteiger partial charge on any atom is -0.481 e. The molecule has 1 aromatic rings. The Bertz CT molecular complexity index is 510. The van der Waals surface area contributed by atoms with Gasteiger partial charge in [-0.05, 0) is 31.6 Å². The third kappa shape index (κ3) is 3.63. The van der Waals surface area contributed by atoms with Gasteiger partial charge in [0, 0.05) is 18.1 Å². The van der Waals surface area contributed by atoms with Crippen LogP contribution in [0.15, 0.2) is 0 Å². The van der Waals surface area contributed by atoms with E-state index in [4.69, 9.17) is 0 Å². The van der Waals surface area contributed by atoms with Gasteiger partial charge in [-0.1, -0.05) is 6.92 Å². The first-order valence-corrected chi connectivity index (χ1v) is 7.38. The van der Waals surface area contributed by atoms with E-state index in [-0.39, 0.29) is 11.7 Å². The summed E-state index contributed by atoms with van der Waals surface area (Å²) in [5, 5.41) is 12.1. The lowest BCUT2D eigenvalue weighted by Crippen LogP contribution is -2.41. The second-order valence-electron chi connectivity index (χ2n) is 5.54. The van der Waals surface area contributed by atoms with E-state index in [2.05, 4.69) is 21.6 Å². The topological polar surface area (TPSA) is 75.1 Å². The maximum atomic E-state index is 12.4. The van der Waals surface area contributed by atoms with Crippen molar-refractivity contribution in [1.29, 1.82) is 0 Å². The SMILES string of the molecule is CC1CCC(CNc2nc(C(F)(F)F)ns2)(C(=O)O)CC1. The Morgan fingerprint density at radius 2 is 2.10 bits per heavy atom. The third-order valence-corrected chi connectivity index (χ3v) is 4.62. The lowest BCUT2D eigenvalue weighted by atomic mass is 9.71. The maximum absolute atomic E-state index is 12.4. The molecule has 1 aromatic heterocycles. The molecule has 1 fully saturated rings. The zero-order valence-electron chi connectivity index (χ0n) is 11.4. The number of rotatable bonds is 4. The number of halogens is 3. The Kier molecular flexibility index (Phi) is 4.40. The summed E-state index contributed by atoms with van der Waals surface area (Å²) in [4.78, 5) is 14.9. The maximum Gasteiger partial charge on any atom is 0.452 e. The molecular formula is C12H16F3N3O2S. The standard InChI is InChI=1S/C12H16F3N3O2S/c1-7-2-4-11(5-3-7,9(19)20)6-16-10-17-8(18-21-10)12(13,14)15/h7H,2-6H2,1H3,(H,19,20)(H,16,17,18). The van der Waals surface area contributed by atoms with Crippen LogP contribution in [0, 0.1) is 11.3 Å². The van der Waals surface area contributed by atoms with Crippen molar-refractivity contribution in [3.8, 4) is 0 Å². The molecule has 0 amide bonds. The summed E-state index contributed by atoms with van der Waals surface area (Å²) >= 11 is 0.591. The number of carboxylic acids is 1. The van der Waals surface area contributed by atoms with Gasteiger partial charge in [0.25, 0.3) is 0 Å². The van der Waals surface area contributed by atoms with Crippen LogP contribution in [0.25, 0.3) is 0 Å². The largest absolute Gasteiger partial charge is 0.481 e. The highest BCUT2D eigenvalue weighted by atomic mass is 32.1. The van der Waals surface area contributed by atoms with Crippen LogP contribution in [0.5, 0.6) is 0 Å². The number of hydrogen-bond donors (Lipinski definition) is 2. The lowest BCUT2D eigenvalue weighted by molar-refractivity contribution is -0.150. The number of nitrogens with one attached hydrogen (secondary N) is 1. The van der Waals surface area contributed by atoms with Crippen LogP contribution in [0.3, 0.4) is 0 Å². The Labute approximate surface area is 123 Å². The average Bonchev–Trinajstić information content (AvgIpc) is 2.87. The second kappa shape index (κ2) is 5.78. The quantitative estimate of drug-likeness (QED) is 0.889.